The molecule has 0 aromatic heterocycles. The van der Waals surface area contributed by atoms with Gasteiger partial charge in [0.25, 0.3) is 0 Å². The summed E-state index contributed by atoms with van der Waals surface area (Å²) in [5, 5.41) is 10.0. The number of aromatic hydroxyl groups is 1. The minimum absolute atomic E-state index is 0.168. The largest absolute Gasteiger partial charge is 0.508 e. The summed E-state index contributed by atoms with van der Waals surface area (Å²) in [7, 11) is 1.98. The lowest BCUT2D eigenvalue weighted by Gasteiger charge is -2.21. The van der Waals surface area contributed by atoms with Crippen molar-refractivity contribution in [3.8, 4) is 5.75 Å². The SMILES string of the molecule is Cc1cccc(N(C)c2ccc(C(C)N)c(O)c2)c1. The fraction of sp³-hybridized carbons (Fsp3) is 0.250. The molecular weight excluding hydrogens is 236 g/mol. The van der Waals surface area contributed by atoms with E-state index in [4.69, 9.17) is 5.73 Å². The summed E-state index contributed by atoms with van der Waals surface area (Å²) in [4.78, 5) is 2.04. The van der Waals surface area contributed by atoms with Crippen LogP contribution in [0, 0.1) is 6.92 Å². The maximum Gasteiger partial charge on any atom is 0.122 e. The first-order chi connectivity index (χ1) is 8.99. The van der Waals surface area contributed by atoms with Gasteiger partial charge in [-0.2, -0.15) is 0 Å². The molecule has 2 aromatic carbocycles. The Labute approximate surface area is 114 Å². The third-order valence-corrected chi connectivity index (χ3v) is 3.28. The number of nitrogens with two attached hydrogens (primary N) is 1. The molecule has 0 heterocycles. The number of phenolic OH excluding ortho intramolecular Hbond substituents is 1. The molecule has 1 atom stereocenters. The van der Waals surface area contributed by atoms with Crippen LogP contribution < -0.4 is 10.6 Å². The Morgan fingerprint density at radius 2 is 1.79 bits per heavy atom. The quantitative estimate of drug-likeness (QED) is 0.883. The highest BCUT2D eigenvalue weighted by Crippen LogP contribution is 2.31. The number of hydrogen-bond acceptors (Lipinski definition) is 3. The molecule has 0 saturated carbocycles. The molecule has 0 bridgehead atoms. The Bertz CT molecular complexity index is 579. The van der Waals surface area contributed by atoms with Gasteiger partial charge in [0.2, 0.25) is 0 Å². The van der Waals surface area contributed by atoms with Gasteiger partial charge in [-0.3, -0.25) is 0 Å². The van der Waals surface area contributed by atoms with Gasteiger partial charge in [-0.15, -0.1) is 0 Å². The van der Waals surface area contributed by atoms with E-state index >= 15 is 0 Å². The number of benzene rings is 2. The van der Waals surface area contributed by atoms with Crippen molar-refractivity contribution in [2.75, 3.05) is 11.9 Å². The van der Waals surface area contributed by atoms with Crippen molar-refractivity contribution in [3.63, 3.8) is 0 Å². The first-order valence-corrected chi connectivity index (χ1v) is 6.38. The van der Waals surface area contributed by atoms with E-state index in [2.05, 4.69) is 19.1 Å². The molecule has 2 rings (SSSR count). The molecule has 1 unspecified atom stereocenters. The predicted molar refractivity (Wildman–Crippen MR) is 80.0 cm³/mol. The molecule has 3 nitrogen and oxygen atoms in total. The zero-order valence-electron chi connectivity index (χ0n) is 11.6. The van der Waals surface area contributed by atoms with E-state index in [1.165, 1.54) is 5.56 Å². The maximum atomic E-state index is 10.0. The van der Waals surface area contributed by atoms with Gasteiger partial charge in [-0.1, -0.05) is 18.2 Å². The van der Waals surface area contributed by atoms with Crippen molar-refractivity contribution in [2.24, 2.45) is 5.73 Å². The summed E-state index contributed by atoms with van der Waals surface area (Å²) >= 11 is 0. The zero-order valence-corrected chi connectivity index (χ0v) is 11.6. The van der Waals surface area contributed by atoms with E-state index in [-0.39, 0.29) is 11.8 Å². The molecule has 0 fully saturated rings. The lowest BCUT2D eigenvalue weighted by atomic mass is 10.1. The third-order valence-electron chi connectivity index (χ3n) is 3.28. The number of hydrogen-bond donors (Lipinski definition) is 2. The van der Waals surface area contributed by atoms with E-state index in [1.807, 2.05) is 43.1 Å². The highest BCUT2D eigenvalue weighted by Gasteiger charge is 2.10. The molecule has 0 aliphatic heterocycles. The third kappa shape index (κ3) is 2.88. The standard InChI is InChI=1S/C16H20N2O/c1-11-5-4-6-13(9-11)18(3)14-7-8-15(12(2)17)16(19)10-14/h4-10,12,19H,17H2,1-3H3. The highest BCUT2D eigenvalue weighted by atomic mass is 16.3. The molecule has 0 saturated heterocycles. The van der Waals surface area contributed by atoms with Crippen LogP contribution in [-0.4, -0.2) is 12.2 Å². The average Bonchev–Trinajstić information content (AvgIpc) is 2.37. The van der Waals surface area contributed by atoms with Crippen LogP contribution in [0.3, 0.4) is 0 Å². The van der Waals surface area contributed by atoms with Crippen molar-refractivity contribution >= 4 is 11.4 Å². The Morgan fingerprint density at radius 1 is 1.11 bits per heavy atom. The number of aryl methyl sites for hydroxylation is 1. The van der Waals surface area contributed by atoms with Crippen LogP contribution in [0.25, 0.3) is 0 Å². The minimum Gasteiger partial charge on any atom is -0.508 e. The summed E-state index contributed by atoms with van der Waals surface area (Å²) in [6.45, 7) is 3.92. The van der Waals surface area contributed by atoms with Gasteiger partial charge in [0.05, 0.1) is 0 Å². The van der Waals surface area contributed by atoms with Crippen molar-refractivity contribution < 1.29 is 5.11 Å². The fourth-order valence-corrected chi connectivity index (χ4v) is 2.11. The van der Waals surface area contributed by atoms with E-state index in [9.17, 15) is 5.11 Å². The minimum atomic E-state index is -0.168. The number of anilines is 2. The molecular formula is C16H20N2O. The lowest BCUT2D eigenvalue weighted by Crippen LogP contribution is -2.10. The van der Waals surface area contributed by atoms with Crippen molar-refractivity contribution in [1.29, 1.82) is 0 Å². The van der Waals surface area contributed by atoms with Gasteiger partial charge in [-0.25, -0.2) is 0 Å². The molecule has 0 aliphatic rings. The van der Waals surface area contributed by atoms with Crippen LogP contribution in [0.5, 0.6) is 5.75 Å². The Balaban J connectivity index is 2.34. The second-order valence-corrected chi connectivity index (χ2v) is 4.93. The molecule has 100 valence electrons. The second kappa shape index (κ2) is 5.33. The molecule has 0 spiro atoms. The number of rotatable bonds is 3. The van der Waals surface area contributed by atoms with Crippen LogP contribution >= 0.6 is 0 Å². The highest BCUT2D eigenvalue weighted by molar-refractivity contribution is 5.65. The molecule has 3 N–H and O–H groups in total. The van der Waals surface area contributed by atoms with E-state index in [0.29, 0.717) is 0 Å². The van der Waals surface area contributed by atoms with Crippen LogP contribution in [0.4, 0.5) is 11.4 Å². The normalized spacial score (nSPS) is 12.2. The van der Waals surface area contributed by atoms with E-state index in [1.54, 1.807) is 6.07 Å². The number of phenols is 1. The smallest absolute Gasteiger partial charge is 0.122 e. The van der Waals surface area contributed by atoms with Gasteiger partial charge < -0.3 is 15.7 Å². The average molecular weight is 256 g/mol. The molecule has 3 heteroatoms. The predicted octanol–water partition coefficient (Wildman–Crippen LogP) is 3.49. The van der Waals surface area contributed by atoms with Gasteiger partial charge in [0.15, 0.2) is 0 Å². The molecule has 19 heavy (non-hydrogen) atoms. The Hall–Kier alpha value is -2.00. The monoisotopic (exact) mass is 256 g/mol. The topological polar surface area (TPSA) is 49.5 Å². The van der Waals surface area contributed by atoms with Crippen LogP contribution in [0.1, 0.15) is 24.1 Å². The molecule has 0 amide bonds. The van der Waals surface area contributed by atoms with Gasteiger partial charge in [0, 0.05) is 36.1 Å². The summed E-state index contributed by atoms with van der Waals surface area (Å²) in [5.74, 6) is 0.243. The maximum absolute atomic E-state index is 10.0. The first-order valence-electron chi connectivity index (χ1n) is 6.38. The second-order valence-electron chi connectivity index (χ2n) is 4.93. The van der Waals surface area contributed by atoms with Crippen molar-refractivity contribution in [2.45, 2.75) is 19.9 Å². The Kier molecular flexibility index (Phi) is 3.76. The molecule has 0 radical (unpaired) electrons. The van der Waals surface area contributed by atoms with E-state index in [0.717, 1.165) is 16.9 Å². The van der Waals surface area contributed by atoms with Gasteiger partial charge >= 0.3 is 0 Å². The Morgan fingerprint density at radius 3 is 2.37 bits per heavy atom. The van der Waals surface area contributed by atoms with Crippen molar-refractivity contribution in [1.82, 2.24) is 0 Å². The fourth-order valence-electron chi connectivity index (χ4n) is 2.11. The molecule has 2 aromatic rings. The van der Waals surface area contributed by atoms with Crippen LogP contribution in [0.2, 0.25) is 0 Å². The summed E-state index contributed by atoms with van der Waals surface area (Å²) in [5.41, 5.74) is 9.80. The number of nitrogens with zero attached hydrogens (tertiary/aromatic N) is 1. The van der Waals surface area contributed by atoms with Gasteiger partial charge in [0.1, 0.15) is 5.75 Å². The van der Waals surface area contributed by atoms with E-state index < -0.39 is 0 Å². The van der Waals surface area contributed by atoms with Crippen LogP contribution in [-0.2, 0) is 0 Å². The molecule has 0 aliphatic carbocycles. The van der Waals surface area contributed by atoms with Gasteiger partial charge in [-0.05, 0) is 37.6 Å². The van der Waals surface area contributed by atoms with Crippen LogP contribution in [0.15, 0.2) is 42.5 Å². The first kappa shape index (κ1) is 13.4. The lowest BCUT2D eigenvalue weighted by molar-refractivity contribution is 0.464. The summed E-state index contributed by atoms with van der Waals surface area (Å²) in [6.07, 6.45) is 0. The zero-order chi connectivity index (χ0) is 14.0. The summed E-state index contributed by atoms with van der Waals surface area (Å²) in [6, 6.07) is 13.7. The van der Waals surface area contributed by atoms with Crippen molar-refractivity contribution in [3.05, 3.63) is 53.6 Å². The summed E-state index contributed by atoms with van der Waals surface area (Å²) < 4.78 is 0.